The molecule has 1 aromatic rings. The van der Waals surface area contributed by atoms with Crippen molar-refractivity contribution in [3.8, 4) is 11.5 Å². The minimum atomic E-state index is -1.04. The minimum absolute atomic E-state index is 0.202. The number of hydrogen-bond acceptors (Lipinski definition) is 4. The summed E-state index contributed by atoms with van der Waals surface area (Å²) in [6, 6.07) is 0.921. The van der Waals surface area contributed by atoms with Crippen LogP contribution >= 0.6 is 15.9 Å². The van der Waals surface area contributed by atoms with Gasteiger partial charge in [0.15, 0.2) is 0 Å². The molecule has 1 aromatic carbocycles. The first-order valence-electron chi connectivity index (χ1n) is 5.86. The highest BCUT2D eigenvalue weighted by molar-refractivity contribution is 9.10. The molecule has 0 heterocycles. The fourth-order valence-electron chi connectivity index (χ4n) is 1.91. The molecule has 0 aliphatic rings. The van der Waals surface area contributed by atoms with Crippen LogP contribution < -0.4 is 15.2 Å². The monoisotopic (exact) mass is 331 g/mol. The molecule has 0 saturated heterocycles. The lowest BCUT2D eigenvalue weighted by molar-refractivity contribution is -0.138. The zero-order valence-electron chi connectivity index (χ0n) is 11.2. The predicted octanol–water partition coefficient (Wildman–Crippen LogP) is 1.98. The van der Waals surface area contributed by atoms with Gasteiger partial charge >= 0.3 is 5.97 Å². The Balaban J connectivity index is 3.30. The molecule has 0 aliphatic heterocycles. The van der Waals surface area contributed by atoms with E-state index in [1.54, 1.807) is 7.11 Å². The Hall–Kier alpha value is -1.27. The van der Waals surface area contributed by atoms with Gasteiger partial charge in [0.1, 0.15) is 22.0 Å². The zero-order valence-corrected chi connectivity index (χ0v) is 12.8. The molecule has 0 radical (unpaired) electrons. The van der Waals surface area contributed by atoms with Crippen molar-refractivity contribution < 1.29 is 19.4 Å². The van der Waals surface area contributed by atoms with Crippen LogP contribution in [0.4, 0.5) is 0 Å². The standard InChI is InChI=1S/C13H18BrNO4/c1-4-7-5-8(6-9(15)13(16)17)12(19-3)10(14)11(7)18-2/h5,9H,4,6,15H2,1-3H3,(H,16,17). The van der Waals surface area contributed by atoms with Gasteiger partial charge in [0.2, 0.25) is 0 Å². The van der Waals surface area contributed by atoms with E-state index in [0.29, 0.717) is 16.0 Å². The van der Waals surface area contributed by atoms with E-state index in [1.165, 1.54) is 7.11 Å². The van der Waals surface area contributed by atoms with Crippen LogP contribution in [-0.2, 0) is 17.6 Å². The SMILES string of the molecule is CCc1cc(CC(N)C(=O)O)c(OC)c(Br)c1OC. The Morgan fingerprint density at radius 3 is 2.32 bits per heavy atom. The van der Waals surface area contributed by atoms with Gasteiger partial charge in [0, 0.05) is 6.42 Å². The number of nitrogens with two attached hydrogens (primary N) is 1. The van der Waals surface area contributed by atoms with Gasteiger partial charge in [-0.1, -0.05) is 6.92 Å². The van der Waals surface area contributed by atoms with Crippen LogP contribution in [0.1, 0.15) is 18.1 Å². The molecular formula is C13H18BrNO4. The predicted molar refractivity (Wildman–Crippen MR) is 75.9 cm³/mol. The highest BCUT2D eigenvalue weighted by Crippen LogP contribution is 2.40. The molecule has 0 spiro atoms. The first kappa shape index (κ1) is 15.8. The molecule has 0 aliphatic carbocycles. The summed E-state index contributed by atoms with van der Waals surface area (Å²) in [5, 5.41) is 8.90. The maximum atomic E-state index is 10.9. The van der Waals surface area contributed by atoms with Crippen molar-refractivity contribution in [1.82, 2.24) is 0 Å². The van der Waals surface area contributed by atoms with Crippen molar-refractivity contribution in [2.45, 2.75) is 25.8 Å². The number of aliphatic carboxylic acids is 1. The molecule has 0 saturated carbocycles. The fourth-order valence-corrected chi connectivity index (χ4v) is 2.74. The van der Waals surface area contributed by atoms with Crippen molar-refractivity contribution in [1.29, 1.82) is 0 Å². The van der Waals surface area contributed by atoms with Crippen LogP contribution in [0, 0.1) is 0 Å². The number of methoxy groups -OCH3 is 2. The molecule has 106 valence electrons. The first-order chi connectivity index (χ1) is 8.96. The molecule has 1 atom stereocenters. The first-order valence-corrected chi connectivity index (χ1v) is 6.66. The van der Waals surface area contributed by atoms with Crippen LogP contribution in [0.15, 0.2) is 10.5 Å². The lowest BCUT2D eigenvalue weighted by atomic mass is 10.0. The third-order valence-corrected chi connectivity index (χ3v) is 3.60. The van der Waals surface area contributed by atoms with Gasteiger partial charge in [0.25, 0.3) is 0 Å². The Bertz CT molecular complexity index is 476. The molecule has 0 bridgehead atoms. The van der Waals surface area contributed by atoms with Gasteiger partial charge in [-0.2, -0.15) is 0 Å². The maximum absolute atomic E-state index is 10.9. The zero-order chi connectivity index (χ0) is 14.6. The van der Waals surface area contributed by atoms with E-state index >= 15 is 0 Å². The number of rotatable bonds is 6. The quantitative estimate of drug-likeness (QED) is 0.832. The average Bonchev–Trinajstić information content (AvgIpc) is 2.38. The summed E-state index contributed by atoms with van der Waals surface area (Å²) in [5.41, 5.74) is 7.31. The summed E-state index contributed by atoms with van der Waals surface area (Å²) in [5.74, 6) is 0.227. The van der Waals surface area contributed by atoms with Crippen LogP contribution in [-0.4, -0.2) is 31.3 Å². The van der Waals surface area contributed by atoms with Gasteiger partial charge < -0.3 is 20.3 Å². The fraction of sp³-hybridized carbons (Fsp3) is 0.462. The van der Waals surface area contributed by atoms with Gasteiger partial charge in [-0.25, -0.2) is 0 Å². The summed E-state index contributed by atoms with van der Waals surface area (Å²) in [6.45, 7) is 2.00. The molecule has 0 aromatic heterocycles. The van der Waals surface area contributed by atoms with Crippen molar-refractivity contribution in [2.75, 3.05) is 14.2 Å². The summed E-state index contributed by atoms with van der Waals surface area (Å²) >= 11 is 3.43. The lowest BCUT2D eigenvalue weighted by Gasteiger charge is -2.18. The average molecular weight is 332 g/mol. The lowest BCUT2D eigenvalue weighted by Crippen LogP contribution is -2.32. The van der Waals surface area contributed by atoms with Gasteiger partial charge in [0.05, 0.1) is 14.2 Å². The van der Waals surface area contributed by atoms with Crippen LogP contribution in [0.2, 0.25) is 0 Å². The number of carboxylic acids is 1. The molecule has 0 fully saturated rings. The highest BCUT2D eigenvalue weighted by atomic mass is 79.9. The summed E-state index contributed by atoms with van der Waals surface area (Å²) in [4.78, 5) is 10.9. The van der Waals surface area contributed by atoms with E-state index < -0.39 is 12.0 Å². The second kappa shape index (κ2) is 6.77. The number of aryl methyl sites for hydroxylation is 1. The number of hydrogen-bond donors (Lipinski definition) is 2. The van der Waals surface area contributed by atoms with E-state index in [0.717, 1.165) is 17.5 Å². The second-order valence-corrected chi connectivity index (χ2v) is 4.87. The van der Waals surface area contributed by atoms with E-state index in [2.05, 4.69) is 15.9 Å². The number of halogens is 1. The summed E-state index contributed by atoms with van der Waals surface area (Å²) in [6.07, 6.45) is 0.967. The number of carbonyl (C=O) groups is 1. The molecule has 19 heavy (non-hydrogen) atoms. The van der Waals surface area contributed by atoms with Gasteiger partial charge in [-0.05, 0) is 39.5 Å². The number of carboxylic acid groups (broad SMARTS) is 1. The molecule has 6 heteroatoms. The number of ether oxygens (including phenoxy) is 2. The Morgan fingerprint density at radius 1 is 1.37 bits per heavy atom. The van der Waals surface area contributed by atoms with Crippen molar-refractivity contribution in [3.05, 3.63) is 21.7 Å². The maximum Gasteiger partial charge on any atom is 0.320 e. The van der Waals surface area contributed by atoms with Gasteiger partial charge in [-0.15, -0.1) is 0 Å². The van der Waals surface area contributed by atoms with E-state index in [4.69, 9.17) is 20.3 Å². The Kier molecular flexibility index (Phi) is 5.62. The van der Waals surface area contributed by atoms with Gasteiger partial charge in [-0.3, -0.25) is 4.79 Å². The molecule has 5 nitrogen and oxygen atoms in total. The van der Waals surface area contributed by atoms with E-state index in [-0.39, 0.29) is 6.42 Å². The molecular weight excluding hydrogens is 314 g/mol. The summed E-state index contributed by atoms with van der Waals surface area (Å²) in [7, 11) is 3.11. The summed E-state index contributed by atoms with van der Waals surface area (Å²) < 4.78 is 11.4. The van der Waals surface area contributed by atoms with E-state index in [1.807, 2.05) is 13.0 Å². The second-order valence-electron chi connectivity index (χ2n) is 4.08. The minimum Gasteiger partial charge on any atom is -0.495 e. The van der Waals surface area contributed by atoms with Crippen molar-refractivity contribution in [2.24, 2.45) is 5.73 Å². The molecule has 1 rings (SSSR count). The largest absolute Gasteiger partial charge is 0.495 e. The van der Waals surface area contributed by atoms with Crippen LogP contribution in [0.5, 0.6) is 11.5 Å². The van der Waals surface area contributed by atoms with E-state index in [9.17, 15) is 4.79 Å². The third-order valence-electron chi connectivity index (χ3n) is 2.88. The Morgan fingerprint density at radius 2 is 1.89 bits per heavy atom. The van der Waals surface area contributed by atoms with Crippen LogP contribution in [0.3, 0.4) is 0 Å². The Labute approximate surface area is 120 Å². The van der Waals surface area contributed by atoms with Crippen molar-refractivity contribution >= 4 is 21.9 Å². The number of benzene rings is 1. The molecule has 3 N–H and O–H groups in total. The highest BCUT2D eigenvalue weighted by Gasteiger charge is 2.21. The van der Waals surface area contributed by atoms with Crippen LogP contribution in [0.25, 0.3) is 0 Å². The van der Waals surface area contributed by atoms with Crippen molar-refractivity contribution in [3.63, 3.8) is 0 Å². The topological polar surface area (TPSA) is 81.8 Å². The normalized spacial score (nSPS) is 12.1. The molecule has 1 unspecified atom stereocenters. The smallest absolute Gasteiger partial charge is 0.320 e. The third kappa shape index (κ3) is 3.39. The molecule has 0 amide bonds.